The zero-order valence-corrected chi connectivity index (χ0v) is 12.5. The normalized spacial score (nSPS) is 11.7. The first kappa shape index (κ1) is 14.1. The van der Waals surface area contributed by atoms with Gasteiger partial charge in [0.25, 0.3) is 0 Å². The van der Waals surface area contributed by atoms with Crippen molar-refractivity contribution in [2.75, 3.05) is 0 Å². The summed E-state index contributed by atoms with van der Waals surface area (Å²) in [6, 6.07) is 18.0. The van der Waals surface area contributed by atoms with Crippen LogP contribution in [-0.4, -0.2) is 16.2 Å². The first-order valence-corrected chi connectivity index (χ1v) is 7.35. The van der Waals surface area contributed by atoms with Crippen molar-refractivity contribution in [2.24, 2.45) is 10.2 Å². The van der Waals surface area contributed by atoms with Gasteiger partial charge in [-0.25, -0.2) is 4.79 Å². The average Bonchev–Trinajstić information content (AvgIpc) is 2.96. The fourth-order valence-corrected chi connectivity index (χ4v) is 2.80. The summed E-state index contributed by atoms with van der Waals surface area (Å²) < 4.78 is 0. The standard InChI is InChI=1S/C19H12N2O3/c22-18-15(2-1-3-16(18)19(23)24)12-6-4-11(5-7-12)14-9-8-13-10-17(14)21-20-13/h1-10,22H,(H,23,24). The number of rotatable bonds is 3. The quantitative estimate of drug-likeness (QED) is 0.548. The predicted molar refractivity (Wildman–Crippen MR) is 90.1 cm³/mol. The molecule has 0 saturated carbocycles. The van der Waals surface area contributed by atoms with Crippen molar-refractivity contribution >= 4 is 17.3 Å². The molecule has 24 heavy (non-hydrogen) atoms. The largest absolute Gasteiger partial charge is 0.506 e. The van der Waals surface area contributed by atoms with Crippen LogP contribution in [0.25, 0.3) is 22.3 Å². The van der Waals surface area contributed by atoms with Crippen LogP contribution in [0.1, 0.15) is 10.4 Å². The number of carbonyl (C=O) groups is 1. The molecule has 1 heterocycles. The number of para-hydroxylation sites is 1. The maximum atomic E-state index is 11.1. The van der Waals surface area contributed by atoms with Crippen molar-refractivity contribution in [1.29, 1.82) is 0 Å². The van der Waals surface area contributed by atoms with E-state index >= 15 is 0 Å². The van der Waals surface area contributed by atoms with E-state index in [1.165, 1.54) is 6.07 Å². The second-order valence-corrected chi connectivity index (χ2v) is 5.49. The van der Waals surface area contributed by atoms with Crippen molar-refractivity contribution < 1.29 is 15.0 Å². The average molecular weight is 316 g/mol. The molecule has 1 aliphatic rings. The van der Waals surface area contributed by atoms with E-state index in [1.54, 1.807) is 12.1 Å². The molecular formula is C19H12N2O3. The summed E-state index contributed by atoms with van der Waals surface area (Å²) in [5, 5.41) is 27.4. The lowest BCUT2D eigenvalue weighted by Gasteiger charge is -2.09. The SMILES string of the molecule is O=C(O)c1cccc(-c2ccc(-c3ccc4cc3N=N4)cc2)c1O. The zero-order chi connectivity index (χ0) is 16.7. The van der Waals surface area contributed by atoms with E-state index in [1.807, 2.05) is 42.5 Å². The van der Waals surface area contributed by atoms with Crippen LogP contribution in [0, 0.1) is 0 Å². The smallest absolute Gasteiger partial charge is 0.339 e. The number of nitrogens with zero attached hydrogens (tertiary/aromatic N) is 2. The minimum atomic E-state index is -1.15. The third-order valence-corrected chi connectivity index (χ3v) is 4.03. The monoisotopic (exact) mass is 316 g/mol. The van der Waals surface area contributed by atoms with Gasteiger partial charge in [-0.05, 0) is 35.4 Å². The van der Waals surface area contributed by atoms with Crippen LogP contribution >= 0.6 is 0 Å². The highest BCUT2D eigenvalue weighted by Gasteiger charge is 2.15. The molecule has 2 bridgehead atoms. The van der Waals surface area contributed by atoms with Crippen LogP contribution in [0.3, 0.4) is 0 Å². The number of aromatic hydroxyl groups is 1. The van der Waals surface area contributed by atoms with Crippen molar-refractivity contribution in [3.63, 3.8) is 0 Å². The molecule has 4 rings (SSSR count). The van der Waals surface area contributed by atoms with Gasteiger partial charge >= 0.3 is 5.97 Å². The molecule has 0 saturated heterocycles. The number of phenols is 1. The summed E-state index contributed by atoms with van der Waals surface area (Å²) in [7, 11) is 0. The maximum Gasteiger partial charge on any atom is 0.339 e. The maximum absolute atomic E-state index is 11.1. The summed E-state index contributed by atoms with van der Waals surface area (Å²) in [6.07, 6.45) is 0. The minimum absolute atomic E-state index is 0.110. The fraction of sp³-hybridized carbons (Fsp3) is 0. The van der Waals surface area contributed by atoms with Crippen molar-refractivity contribution in [2.45, 2.75) is 0 Å². The number of carboxylic acids is 1. The summed E-state index contributed by atoms with van der Waals surface area (Å²) in [5.41, 5.74) is 4.76. The molecule has 5 nitrogen and oxygen atoms in total. The molecule has 0 aromatic heterocycles. The van der Waals surface area contributed by atoms with Gasteiger partial charge in [-0.3, -0.25) is 0 Å². The van der Waals surface area contributed by atoms with Gasteiger partial charge in [0, 0.05) is 11.1 Å². The first-order valence-electron chi connectivity index (χ1n) is 7.35. The molecule has 0 fully saturated rings. The molecule has 0 amide bonds. The van der Waals surface area contributed by atoms with Gasteiger partial charge in [0.1, 0.15) is 11.3 Å². The Hall–Kier alpha value is -3.47. The van der Waals surface area contributed by atoms with E-state index in [4.69, 9.17) is 5.11 Å². The van der Waals surface area contributed by atoms with Gasteiger partial charge in [-0.1, -0.05) is 36.4 Å². The van der Waals surface area contributed by atoms with Gasteiger partial charge in [0.2, 0.25) is 0 Å². The van der Waals surface area contributed by atoms with Crippen molar-refractivity contribution in [3.05, 3.63) is 66.2 Å². The molecule has 0 aliphatic carbocycles. The molecule has 1 aliphatic heterocycles. The topological polar surface area (TPSA) is 82.2 Å². The van der Waals surface area contributed by atoms with Crippen LogP contribution < -0.4 is 0 Å². The number of azo groups is 1. The Kier molecular flexibility index (Phi) is 3.13. The van der Waals surface area contributed by atoms with Gasteiger partial charge in [-0.2, -0.15) is 5.11 Å². The first-order chi connectivity index (χ1) is 11.6. The Morgan fingerprint density at radius 2 is 1.54 bits per heavy atom. The van der Waals surface area contributed by atoms with Crippen LogP contribution in [0.15, 0.2) is 70.9 Å². The van der Waals surface area contributed by atoms with Gasteiger partial charge in [0.15, 0.2) is 0 Å². The molecule has 116 valence electrons. The Balaban J connectivity index is 1.74. The lowest BCUT2D eigenvalue weighted by atomic mass is 9.97. The van der Waals surface area contributed by atoms with Gasteiger partial charge in [-0.15, -0.1) is 5.11 Å². The summed E-state index contributed by atoms with van der Waals surface area (Å²) in [4.78, 5) is 11.1. The van der Waals surface area contributed by atoms with Crippen LogP contribution in [0.5, 0.6) is 5.75 Å². The lowest BCUT2D eigenvalue weighted by molar-refractivity contribution is 0.0694. The van der Waals surface area contributed by atoms with E-state index in [0.717, 1.165) is 28.1 Å². The van der Waals surface area contributed by atoms with E-state index in [-0.39, 0.29) is 11.3 Å². The van der Waals surface area contributed by atoms with Gasteiger partial charge in [0.05, 0.1) is 11.4 Å². The molecule has 2 N–H and O–H groups in total. The second-order valence-electron chi connectivity index (χ2n) is 5.49. The summed E-state index contributed by atoms with van der Waals surface area (Å²) in [6.45, 7) is 0. The van der Waals surface area contributed by atoms with E-state index in [0.29, 0.717) is 5.56 Å². The molecule has 0 radical (unpaired) electrons. The molecule has 3 aromatic rings. The lowest BCUT2D eigenvalue weighted by Crippen LogP contribution is -1.97. The number of carboxylic acid groups (broad SMARTS) is 1. The van der Waals surface area contributed by atoms with E-state index < -0.39 is 5.97 Å². The molecule has 5 heteroatoms. The number of benzene rings is 3. The minimum Gasteiger partial charge on any atom is -0.506 e. The highest BCUT2D eigenvalue weighted by atomic mass is 16.4. The third-order valence-electron chi connectivity index (χ3n) is 4.03. The Labute approximate surface area is 137 Å². The third kappa shape index (κ3) is 2.23. The molecular weight excluding hydrogens is 304 g/mol. The number of aromatic carboxylic acids is 1. The second kappa shape index (κ2) is 5.31. The Morgan fingerprint density at radius 1 is 0.833 bits per heavy atom. The molecule has 0 atom stereocenters. The molecule has 0 unspecified atom stereocenters. The van der Waals surface area contributed by atoms with Crippen molar-refractivity contribution in [3.8, 4) is 28.0 Å². The van der Waals surface area contributed by atoms with E-state index in [9.17, 15) is 9.90 Å². The number of hydrogen-bond donors (Lipinski definition) is 2. The number of fused-ring (bicyclic) bond motifs is 2. The summed E-state index contributed by atoms with van der Waals surface area (Å²) in [5.74, 6) is -1.38. The Morgan fingerprint density at radius 3 is 2.25 bits per heavy atom. The summed E-state index contributed by atoms with van der Waals surface area (Å²) >= 11 is 0. The van der Waals surface area contributed by atoms with Crippen LogP contribution in [0.2, 0.25) is 0 Å². The van der Waals surface area contributed by atoms with Crippen molar-refractivity contribution in [1.82, 2.24) is 0 Å². The van der Waals surface area contributed by atoms with Crippen LogP contribution in [0.4, 0.5) is 11.4 Å². The van der Waals surface area contributed by atoms with E-state index in [2.05, 4.69) is 10.2 Å². The molecule has 0 spiro atoms. The fourth-order valence-electron chi connectivity index (χ4n) is 2.80. The highest BCUT2D eigenvalue weighted by molar-refractivity contribution is 5.94. The van der Waals surface area contributed by atoms with Gasteiger partial charge < -0.3 is 10.2 Å². The molecule has 3 aromatic carbocycles. The highest BCUT2D eigenvalue weighted by Crippen LogP contribution is 2.40. The predicted octanol–water partition coefficient (Wildman–Crippen LogP) is 5.15. The zero-order valence-electron chi connectivity index (χ0n) is 12.5. The Bertz CT molecular complexity index is 992. The van der Waals surface area contributed by atoms with Crippen LogP contribution in [-0.2, 0) is 0 Å². The number of hydrogen-bond acceptors (Lipinski definition) is 4.